The Balaban J connectivity index is 2.11. The van der Waals surface area contributed by atoms with Gasteiger partial charge in [0.25, 0.3) is 0 Å². The number of H-pyrrole nitrogens is 1. The van der Waals surface area contributed by atoms with Crippen LogP contribution in [-0.2, 0) is 4.79 Å². The molecule has 98 valence electrons. The Hall–Kier alpha value is -3.02. The second kappa shape index (κ2) is 4.93. The molecule has 6 heteroatoms. The van der Waals surface area contributed by atoms with Crippen LogP contribution in [0.1, 0.15) is 11.4 Å². The van der Waals surface area contributed by atoms with E-state index in [0.717, 1.165) is 5.56 Å². The predicted molar refractivity (Wildman–Crippen MR) is 73.6 cm³/mol. The molecule has 0 saturated heterocycles. The first-order valence-corrected chi connectivity index (χ1v) is 5.90. The molecule has 3 aromatic rings. The lowest BCUT2D eigenvalue weighted by Gasteiger charge is -1.98. The first-order valence-electron chi connectivity index (χ1n) is 5.90. The average Bonchev–Trinajstić information content (AvgIpc) is 2.89. The minimum absolute atomic E-state index is 0.0780. The molecule has 6 nitrogen and oxygen atoms in total. The molecular formula is C14H10N4O2. The molecule has 0 saturated carbocycles. The number of nitrogens with zero attached hydrogens (tertiary/aromatic N) is 3. The summed E-state index contributed by atoms with van der Waals surface area (Å²) in [5.41, 5.74) is 1.91. The highest BCUT2D eigenvalue weighted by atomic mass is 16.4. The number of aromatic amines is 1. The average molecular weight is 266 g/mol. The van der Waals surface area contributed by atoms with Gasteiger partial charge in [-0.2, -0.15) is 0 Å². The molecule has 0 bridgehead atoms. The van der Waals surface area contributed by atoms with E-state index in [4.69, 9.17) is 0 Å². The third kappa shape index (κ3) is 2.26. The summed E-state index contributed by atoms with van der Waals surface area (Å²) in [4.78, 5) is 26.3. The Morgan fingerprint density at radius 2 is 2.05 bits per heavy atom. The number of imidazole rings is 1. The minimum Gasteiger partial charge on any atom is -0.478 e. The van der Waals surface area contributed by atoms with Crippen molar-refractivity contribution < 1.29 is 9.90 Å². The Morgan fingerprint density at radius 3 is 2.75 bits per heavy atom. The van der Waals surface area contributed by atoms with Crippen molar-refractivity contribution in [3.8, 4) is 0 Å². The van der Waals surface area contributed by atoms with Crippen LogP contribution in [0.15, 0.2) is 42.9 Å². The smallest absolute Gasteiger partial charge is 0.339 e. The number of benzene rings is 1. The molecule has 1 aromatic carbocycles. The van der Waals surface area contributed by atoms with Gasteiger partial charge >= 0.3 is 5.97 Å². The van der Waals surface area contributed by atoms with Gasteiger partial charge in [0.05, 0.1) is 6.20 Å². The molecule has 2 aromatic heterocycles. The molecule has 0 spiro atoms. The summed E-state index contributed by atoms with van der Waals surface area (Å²) in [6.07, 6.45) is 4.49. The molecule has 0 aliphatic carbocycles. The highest BCUT2D eigenvalue weighted by molar-refractivity contribution is 6.19. The van der Waals surface area contributed by atoms with E-state index in [1.165, 1.54) is 6.33 Å². The summed E-state index contributed by atoms with van der Waals surface area (Å²) in [5, 5.41) is 9.35. The van der Waals surface area contributed by atoms with Gasteiger partial charge in [-0.1, -0.05) is 30.3 Å². The van der Waals surface area contributed by atoms with Crippen molar-refractivity contribution in [2.45, 2.75) is 0 Å². The van der Waals surface area contributed by atoms with Gasteiger partial charge in [-0.25, -0.2) is 19.7 Å². The van der Waals surface area contributed by atoms with Gasteiger partial charge in [-0.15, -0.1) is 0 Å². The van der Waals surface area contributed by atoms with Gasteiger partial charge in [-0.3, -0.25) is 0 Å². The highest BCUT2D eigenvalue weighted by Gasteiger charge is 2.15. The van der Waals surface area contributed by atoms with Gasteiger partial charge in [0.1, 0.15) is 23.2 Å². The van der Waals surface area contributed by atoms with Gasteiger partial charge in [0, 0.05) is 0 Å². The number of carboxylic acid groups (broad SMARTS) is 1. The zero-order valence-electron chi connectivity index (χ0n) is 10.3. The quantitative estimate of drug-likeness (QED) is 0.707. The monoisotopic (exact) mass is 266 g/mol. The van der Waals surface area contributed by atoms with Gasteiger partial charge in [0.2, 0.25) is 0 Å². The number of hydrogen-bond acceptors (Lipinski definition) is 4. The van der Waals surface area contributed by atoms with Crippen LogP contribution < -0.4 is 0 Å². The SMILES string of the molecule is O=C(O)C(=Cc1ccccc1)c1nc2ncncc2[nH]1. The number of carboxylic acids is 1. The number of carbonyl (C=O) groups is 1. The summed E-state index contributed by atoms with van der Waals surface area (Å²) in [6.45, 7) is 0. The van der Waals surface area contributed by atoms with E-state index in [-0.39, 0.29) is 11.4 Å². The second-order valence-electron chi connectivity index (χ2n) is 4.12. The van der Waals surface area contributed by atoms with Crippen LogP contribution in [0.2, 0.25) is 0 Å². The number of hydrogen-bond donors (Lipinski definition) is 2. The maximum atomic E-state index is 11.4. The number of nitrogens with one attached hydrogen (secondary N) is 1. The van der Waals surface area contributed by atoms with E-state index >= 15 is 0 Å². The molecule has 0 atom stereocenters. The van der Waals surface area contributed by atoms with Crippen molar-refractivity contribution in [2.24, 2.45) is 0 Å². The van der Waals surface area contributed by atoms with Crippen LogP contribution in [0.3, 0.4) is 0 Å². The molecule has 0 aliphatic heterocycles. The van der Waals surface area contributed by atoms with Crippen molar-refractivity contribution in [1.82, 2.24) is 19.9 Å². The summed E-state index contributed by atoms with van der Waals surface area (Å²) < 4.78 is 0. The van der Waals surface area contributed by atoms with Crippen molar-refractivity contribution in [1.29, 1.82) is 0 Å². The fourth-order valence-electron chi connectivity index (χ4n) is 1.84. The maximum Gasteiger partial charge on any atom is 0.339 e. The Labute approximate surface area is 113 Å². The lowest BCUT2D eigenvalue weighted by molar-refractivity contribution is -0.130. The van der Waals surface area contributed by atoms with E-state index in [9.17, 15) is 9.90 Å². The molecule has 2 N–H and O–H groups in total. The fraction of sp³-hybridized carbons (Fsp3) is 0. The molecule has 20 heavy (non-hydrogen) atoms. The van der Waals surface area contributed by atoms with E-state index < -0.39 is 5.97 Å². The van der Waals surface area contributed by atoms with Crippen molar-refractivity contribution in [3.05, 3.63) is 54.2 Å². The van der Waals surface area contributed by atoms with Crippen LogP contribution in [0, 0.1) is 0 Å². The van der Waals surface area contributed by atoms with Crippen molar-refractivity contribution in [2.75, 3.05) is 0 Å². The van der Waals surface area contributed by atoms with Gasteiger partial charge in [-0.05, 0) is 11.6 Å². The molecular weight excluding hydrogens is 256 g/mol. The Bertz CT molecular complexity index is 760. The van der Waals surface area contributed by atoms with E-state index in [1.54, 1.807) is 12.3 Å². The first kappa shape index (κ1) is 12.0. The molecule has 0 unspecified atom stereocenters. The molecule has 0 amide bonds. The zero-order valence-corrected chi connectivity index (χ0v) is 10.3. The second-order valence-corrected chi connectivity index (χ2v) is 4.12. The lowest BCUT2D eigenvalue weighted by Crippen LogP contribution is -2.01. The Kier molecular flexibility index (Phi) is 2.96. The minimum atomic E-state index is -1.05. The standard InChI is InChI=1S/C14H10N4O2/c19-14(20)10(6-9-4-2-1-3-5-9)12-17-11-7-15-8-16-13(11)18-12/h1-8H,(H,19,20)(H,15,16,17,18). The predicted octanol–water partition coefficient (Wildman–Crippen LogP) is 1.98. The van der Waals surface area contributed by atoms with Crippen LogP contribution in [0.25, 0.3) is 22.8 Å². The molecule has 3 rings (SSSR count). The summed E-state index contributed by atoms with van der Waals surface area (Å²) in [5.74, 6) is -0.794. The van der Waals surface area contributed by atoms with Crippen LogP contribution in [-0.4, -0.2) is 31.0 Å². The Morgan fingerprint density at radius 1 is 1.25 bits per heavy atom. The van der Waals surface area contributed by atoms with Crippen LogP contribution in [0.4, 0.5) is 0 Å². The zero-order chi connectivity index (χ0) is 13.9. The van der Waals surface area contributed by atoms with Crippen molar-refractivity contribution in [3.63, 3.8) is 0 Å². The van der Waals surface area contributed by atoms with Crippen molar-refractivity contribution >= 4 is 28.8 Å². The molecule has 0 aliphatic rings. The number of aromatic nitrogens is 4. The van der Waals surface area contributed by atoms with Gasteiger partial charge < -0.3 is 10.1 Å². The highest BCUT2D eigenvalue weighted by Crippen LogP contribution is 2.18. The molecule has 2 heterocycles. The third-order valence-corrected chi connectivity index (χ3v) is 2.76. The van der Waals surface area contributed by atoms with Gasteiger partial charge in [0.15, 0.2) is 5.65 Å². The third-order valence-electron chi connectivity index (χ3n) is 2.76. The number of fused-ring (bicyclic) bond motifs is 1. The normalized spacial score (nSPS) is 11.7. The van der Waals surface area contributed by atoms with E-state index in [1.807, 2.05) is 30.3 Å². The maximum absolute atomic E-state index is 11.4. The number of rotatable bonds is 3. The summed E-state index contributed by atoms with van der Waals surface area (Å²) >= 11 is 0. The summed E-state index contributed by atoms with van der Waals surface area (Å²) in [7, 11) is 0. The molecule has 0 radical (unpaired) electrons. The topological polar surface area (TPSA) is 91.8 Å². The largest absolute Gasteiger partial charge is 0.478 e. The summed E-state index contributed by atoms with van der Waals surface area (Å²) in [6, 6.07) is 9.20. The molecule has 0 fully saturated rings. The van der Waals surface area contributed by atoms with Crippen LogP contribution in [0.5, 0.6) is 0 Å². The fourth-order valence-corrected chi connectivity index (χ4v) is 1.84. The van der Waals surface area contributed by atoms with E-state index in [0.29, 0.717) is 11.2 Å². The first-order chi connectivity index (χ1) is 9.74. The lowest BCUT2D eigenvalue weighted by atomic mass is 10.1. The van der Waals surface area contributed by atoms with Crippen LogP contribution >= 0.6 is 0 Å². The number of aliphatic carboxylic acids is 1. The van der Waals surface area contributed by atoms with E-state index in [2.05, 4.69) is 19.9 Å².